The number of hydrogen-bond donors (Lipinski definition) is 2. The molecule has 1 aromatic carbocycles. The zero-order chi connectivity index (χ0) is 16.6. The van der Waals surface area contributed by atoms with Gasteiger partial charge in [-0.2, -0.15) is 0 Å². The third-order valence-electron chi connectivity index (χ3n) is 3.95. The van der Waals surface area contributed by atoms with Crippen molar-refractivity contribution in [1.82, 2.24) is 4.90 Å². The van der Waals surface area contributed by atoms with Crippen LogP contribution in [0, 0.1) is 0 Å². The minimum absolute atomic E-state index is 0.0350. The van der Waals surface area contributed by atoms with Gasteiger partial charge in [-0.05, 0) is 17.7 Å². The lowest BCUT2D eigenvalue weighted by Crippen LogP contribution is -2.32. The highest BCUT2D eigenvalue weighted by Gasteiger charge is 2.35. The first-order valence-electron chi connectivity index (χ1n) is 7.08. The van der Waals surface area contributed by atoms with Gasteiger partial charge in [-0.1, -0.05) is 30.3 Å². The van der Waals surface area contributed by atoms with Crippen molar-refractivity contribution < 1.29 is 17.6 Å². The third-order valence-corrected chi connectivity index (χ3v) is 4.73. The number of primary sulfonamides is 1. The Morgan fingerprint density at radius 3 is 2.43 bits per heavy atom. The van der Waals surface area contributed by atoms with Crippen molar-refractivity contribution in [2.24, 2.45) is 10.9 Å². The third kappa shape index (κ3) is 3.14. The van der Waals surface area contributed by atoms with Gasteiger partial charge in [0, 0.05) is 25.0 Å². The van der Waals surface area contributed by atoms with E-state index in [2.05, 4.69) is 0 Å². The SMILES string of the molecule is N[C@@H]1CN(C(=O)c2ccc(S(N)(=O)=O)o2)C[C@H]1c1ccccc1. The van der Waals surface area contributed by atoms with Crippen LogP contribution in [0.3, 0.4) is 0 Å². The van der Waals surface area contributed by atoms with Crippen LogP contribution in [-0.4, -0.2) is 38.4 Å². The monoisotopic (exact) mass is 335 g/mol. The lowest BCUT2D eigenvalue weighted by Gasteiger charge is -2.15. The quantitative estimate of drug-likeness (QED) is 0.846. The molecule has 122 valence electrons. The van der Waals surface area contributed by atoms with Crippen molar-refractivity contribution in [3.8, 4) is 0 Å². The van der Waals surface area contributed by atoms with E-state index < -0.39 is 21.0 Å². The highest BCUT2D eigenvalue weighted by molar-refractivity contribution is 7.89. The zero-order valence-corrected chi connectivity index (χ0v) is 13.1. The van der Waals surface area contributed by atoms with Crippen molar-refractivity contribution in [2.75, 3.05) is 13.1 Å². The second-order valence-corrected chi connectivity index (χ2v) is 7.05. The maximum Gasteiger partial charge on any atom is 0.289 e. The summed E-state index contributed by atoms with van der Waals surface area (Å²) in [7, 11) is -3.97. The van der Waals surface area contributed by atoms with Crippen LogP contribution in [0.4, 0.5) is 0 Å². The maximum atomic E-state index is 12.5. The van der Waals surface area contributed by atoms with Gasteiger partial charge in [0.2, 0.25) is 5.09 Å². The first-order valence-corrected chi connectivity index (χ1v) is 8.63. The molecule has 1 aliphatic heterocycles. The summed E-state index contributed by atoms with van der Waals surface area (Å²) >= 11 is 0. The fourth-order valence-corrected chi connectivity index (χ4v) is 3.26. The molecule has 8 heteroatoms. The topological polar surface area (TPSA) is 120 Å². The molecule has 7 nitrogen and oxygen atoms in total. The van der Waals surface area contributed by atoms with Gasteiger partial charge in [-0.3, -0.25) is 4.79 Å². The van der Waals surface area contributed by atoms with Gasteiger partial charge in [-0.15, -0.1) is 0 Å². The molecular formula is C15H17N3O4S. The predicted octanol–water partition coefficient (Wildman–Crippen LogP) is 0.494. The lowest BCUT2D eigenvalue weighted by molar-refractivity contribution is 0.0752. The van der Waals surface area contributed by atoms with Crippen molar-refractivity contribution in [3.05, 3.63) is 53.8 Å². The van der Waals surface area contributed by atoms with E-state index in [1.165, 1.54) is 12.1 Å². The van der Waals surface area contributed by atoms with E-state index in [0.29, 0.717) is 13.1 Å². The predicted molar refractivity (Wildman–Crippen MR) is 83.1 cm³/mol. The summed E-state index contributed by atoms with van der Waals surface area (Å²) in [5.41, 5.74) is 7.22. The van der Waals surface area contributed by atoms with Crippen LogP contribution in [0.25, 0.3) is 0 Å². The molecule has 2 aromatic rings. The van der Waals surface area contributed by atoms with Gasteiger partial charge in [0.25, 0.3) is 15.9 Å². The summed E-state index contributed by atoms with van der Waals surface area (Å²) in [5.74, 6) is -0.420. The number of nitrogens with two attached hydrogens (primary N) is 2. The number of carbonyl (C=O) groups excluding carboxylic acids is 1. The molecule has 1 aromatic heterocycles. The molecule has 0 spiro atoms. The number of rotatable bonds is 3. The first kappa shape index (κ1) is 15.7. The summed E-state index contributed by atoms with van der Waals surface area (Å²) in [6.45, 7) is 0.833. The zero-order valence-electron chi connectivity index (χ0n) is 12.3. The van der Waals surface area contributed by atoms with Crippen LogP contribution in [-0.2, 0) is 10.0 Å². The number of likely N-dealkylation sites (tertiary alicyclic amines) is 1. The number of sulfonamides is 1. The van der Waals surface area contributed by atoms with Crippen molar-refractivity contribution >= 4 is 15.9 Å². The van der Waals surface area contributed by atoms with E-state index in [9.17, 15) is 13.2 Å². The molecule has 0 radical (unpaired) electrons. The van der Waals surface area contributed by atoms with Gasteiger partial charge < -0.3 is 15.1 Å². The summed E-state index contributed by atoms with van der Waals surface area (Å²) < 4.78 is 27.5. The molecule has 2 atom stereocenters. The summed E-state index contributed by atoms with van der Waals surface area (Å²) in [5, 5.41) is 4.55. The maximum absolute atomic E-state index is 12.5. The second-order valence-electron chi connectivity index (χ2n) is 5.55. The Kier molecular flexibility index (Phi) is 3.97. The fraction of sp³-hybridized carbons (Fsp3) is 0.267. The molecule has 1 amide bonds. The highest BCUT2D eigenvalue weighted by atomic mass is 32.2. The van der Waals surface area contributed by atoms with E-state index >= 15 is 0 Å². The molecule has 4 N–H and O–H groups in total. The van der Waals surface area contributed by atoms with Crippen LogP contribution < -0.4 is 10.9 Å². The van der Waals surface area contributed by atoms with Crippen molar-refractivity contribution in [2.45, 2.75) is 17.1 Å². The Hall–Kier alpha value is -2.16. The van der Waals surface area contributed by atoms with Gasteiger partial charge in [0.05, 0.1) is 0 Å². The van der Waals surface area contributed by atoms with Crippen LogP contribution in [0.1, 0.15) is 22.0 Å². The lowest BCUT2D eigenvalue weighted by atomic mass is 9.95. The van der Waals surface area contributed by atoms with Crippen LogP contribution in [0.15, 0.2) is 52.0 Å². The largest absolute Gasteiger partial charge is 0.438 e. The average molecular weight is 335 g/mol. The molecule has 1 fully saturated rings. The van der Waals surface area contributed by atoms with E-state index in [0.717, 1.165) is 5.56 Å². The van der Waals surface area contributed by atoms with E-state index in [1.54, 1.807) is 4.90 Å². The normalized spacial score (nSPS) is 21.6. The Morgan fingerprint density at radius 2 is 1.83 bits per heavy atom. The van der Waals surface area contributed by atoms with Crippen molar-refractivity contribution in [1.29, 1.82) is 0 Å². The van der Waals surface area contributed by atoms with Crippen LogP contribution >= 0.6 is 0 Å². The number of benzene rings is 1. The van der Waals surface area contributed by atoms with Crippen LogP contribution in [0.5, 0.6) is 0 Å². The summed E-state index contributed by atoms with van der Waals surface area (Å²) in [6.07, 6.45) is 0. The van der Waals surface area contributed by atoms with Crippen LogP contribution in [0.2, 0.25) is 0 Å². The minimum Gasteiger partial charge on any atom is -0.438 e. The Morgan fingerprint density at radius 1 is 1.13 bits per heavy atom. The van der Waals surface area contributed by atoms with E-state index in [1.807, 2.05) is 30.3 Å². The Labute approximate surface area is 133 Å². The van der Waals surface area contributed by atoms with Gasteiger partial charge >= 0.3 is 0 Å². The second kappa shape index (κ2) is 5.80. The Bertz CT molecular complexity index is 816. The molecule has 0 aliphatic carbocycles. The Balaban J connectivity index is 1.78. The molecule has 1 aliphatic rings. The molecule has 1 saturated heterocycles. The standard InChI is InChI=1S/C15H17N3O4S/c16-12-9-18(8-11(12)10-4-2-1-3-5-10)15(19)13-6-7-14(22-13)23(17,20)21/h1-7,11-12H,8-9,16H2,(H2,17,20,21)/t11-,12+/m0/s1. The smallest absolute Gasteiger partial charge is 0.289 e. The number of nitrogens with zero attached hydrogens (tertiary/aromatic N) is 1. The molecule has 3 rings (SSSR count). The van der Waals surface area contributed by atoms with Gasteiger partial charge in [-0.25, -0.2) is 13.6 Å². The van der Waals surface area contributed by atoms with E-state index in [4.69, 9.17) is 15.3 Å². The fourth-order valence-electron chi connectivity index (χ4n) is 2.79. The molecule has 23 heavy (non-hydrogen) atoms. The average Bonchev–Trinajstić information content (AvgIpc) is 3.14. The van der Waals surface area contributed by atoms with E-state index in [-0.39, 0.29) is 17.7 Å². The number of hydrogen-bond acceptors (Lipinski definition) is 5. The highest BCUT2D eigenvalue weighted by Crippen LogP contribution is 2.27. The number of furan rings is 1. The summed E-state index contributed by atoms with van der Waals surface area (Å²) in [4.78, 5) is 14.0. The van der Waals surface area contributed by atoms with Gasteiger partial charge in [0.15, 0.2) is 5.76 Å². The summed E-state index contributed by atoms with van der Waals surface area (Å²) in [6, 6.07) is 12.0. The molecule has 0 saturated carbocycles. The molecule has 0 unspecified atom stereocenters. The first-order chi connectivity index (χ1) is 10.9. The number of amides is 1. The van der Waals surface area contributed by atoms with Crippen molar-refractivity contribution in [3.63, 3.8) is 0 Å². The molecule has 2 heterocycles. The minimum atomic E-state index is -3.97. The number of carbonyl (C=O) groups is 1. The van der Waals surface area contributed by atoms with Gasteiger partial charge in [0.1, 0.15) is 0 Å². The molecule has 0 bridgehead atoms. The molecular weight excluding hydrogens is 318 g/mol.